The summed E-state index contributed by atoms with van der Waals surface area (Å²) in [6.45, 7) is 0. The highest BCUT2D eigenvalue weighted by molar-refractivity contribution is 5.83. The van der Waals surface area contributed by atoms with Gasteiger partial charge in [-0.3, -0.25) is 9.59 Å². The van der Waals surface area contributed by atoms with Crippen molar-refractivity contribution >= 4 is 11.9 Å². The van der Waals surface area contributed by atoms with E-state index in [0.717, 1.165) is 18.4 Å². The van der Waals surface area contributed by atoms with Gasteiger partial charge in [0.05, 0.1) is 12.0 Å². The van der Waals surface area contributed by atoms with Crippen molar-refractivity contribution < 1.29 is 14.7 Å². The summed E-state index contributed by atoms with van der Waals surface area (Å²) in [5, 5.41) is 12.0. The minimum Gasteiger partial charge on any atom is -0.481 e. The molecule has 2 rings (SSSR count). The summed E-state index contributed by atoms with van der Waals surface area (Å²) in [5.74, 6) is -1.60. The first kappa shape index (κ1) is 15.5. The number of aliphatic carboxylic acids is 1. The van der Waals surface area contributed by atoms with E-state index < -0.39 is 17.9 Å². The number of carboxylic acids is 1. The Labute approximate surface area is 124 Å². The highest BCUT2D eigenvalue weighted by Gasteiger charge is 2.32. The molecule has 4 N–H and O–H groups in total. The number of rotatable bonds is 5. The molecule has 1 saturated carbocycles. The Morgan fingerprint density at radius 3 is 2.57 bits per heavy atom. The van der Waals surface area contributed by atoms with Crippen molar-refractivity contribution in [3.63, 3.8) is 0 Å². The Bertz CT molecular complexity index is 490. The fourth-order valence-corrected chi connectivity index (χ4v) is 2.85. The van der Waals surface area contributed by atoms with E-state index in [1.807, 2.05) is 30.3 Å². The normalized spacial score (nSPS) is 23.3. The van der Waals surface area contributed by atoms with Crippen LogP contribution in [0.4, 0.5) is 0 Å². The van der Waals surface area contributed by atoms with Crippen molar-refractivity contribution in [1.29, 1.82) is 0 Å². The first-order chi connectivity index (χ1) is 10.1. The van der Waals surface area contributed by atoms with Gasteiger partial charge < -0.3 is 16.2 Å². The molecule has 5 nitrogen and oxygen atoms in total. The predicted octanol–water partition coefficient (Wildman–Crippen LogP) is 1.32. The van der Waals surface area contributed by atoms with Crippen LogP contribution in [0, 0.1) is 5.92 Å². The van der Waals surface area contributed by atoms with Crippen molar-refractivity contribution in [3.8, 4) is 0 Å². The molecule has 1 aromatic carbocycles. The number of hydrogen-bond acceptors (Lipinski definition) is 3. The molecule has 114 valence electrons. The number of carbonyl (C=O) groups is 2. The summed E-state index contributed by atoms with van der Waals surface area (Å²) in [6, 6.07) is 8.62. The number of carbonyl (C=O) groups excluding carboxylic acids is 1. The Kier molecular flexibility index (Phi) is 5.33. The molecule has 0 bridgehead atoms. The third kappa shape index (κ3) is 4.29. The van der Waals surface area contributed by atoms with E-state index in [-0.39, 0.29) is 11.9 Å². The minimum absolute atomic E-state index is 0.267. The van der Waals surface area contributed by atoms with E-state index >= 15 is 0 Å². The standard InChI is InChI=1S/C16H22N2O3/c17-13(10-11-6-2-1-3-7-11)15(19)18-14-9-5-4-8-12(14)16(20)21/h1-3,6-7,12-14H,4-5,8-10,17H2,(H,18,19)(H,20,21)/t12-,13?,14-/m0/s1. The van der Waals surface area contributed by atoms with Crippen LogP contribution < -0.4 is 11.1 Å². The van der Waals surface area contributed by atoms with E-state index in [0.29, 0.717) is 19.3 Å². The van der Waals surface area contributed by atoms with Crippen LogP contribution in [-0.4, -0.2) is 29.1 Å². The summed E-state index contributed by atoms with van der Waals surface area (Å²) in [4.78, 5) is 23.4. The Morgan fingerprint density at radius 1 is 1.24 bits per heavy atom. The van der Waals surface area contributed by atoms with Crippen molar-refractivity contribution in [3.05, 3.63) is 35.9 Å². The number of amides is 1. The third-order valence-corrected chi connectivity index (χ3v) is 4.05. The number of carboxylic acid groups (broad SMARTS) is 1. The summed E-state index contributed by atoms with van der Waals surface area (Å²) in [6.07, 6.45) is 3.63. The topological polar surface area (TPSA) is 92.4 Å². The van der Waals surface area contributed by atoms with Crippen LogP contribution in [0.15, 0.2) is 30.3 Å². The van der Waals surface area contributed by atoms with Crippen LogP contribution >= 0.6 is 0 Å². The molecule has 1 aromatic rings. The van der Waals surface area contributed by atoms with Crippen LogP contribution in [0.3, 0.4) is 0 Å². The Hall–Kier alpha value is -1.88. The first-order valence-electron chi connectivity index (χ1n) is 7.40. The maximum absolute atomic E-state index is 12.2. The summed E-state index contributed by atoms with van der Waals surface area (Å²) in [5.41, 5.74) is 6.93. The number of nitrogens with two attached hydrogens (primary N) is 1. The quantitative estimate of drug-likeness (QED) is 0.762. The molecule has 5 heteroatoms. The molecule has 0 radical (unpaired) electrons. The lowest BCUT2D eigenvalue weighted by molar-refractivity contribution is -0.144. The van der Waals surface area contributed by atoms with E-state index in [2.05, 4.69) is 5.32 Å². The fourth-order valence-electron chi connectivity index (χ4n) is 2.85. The van der Waals surface area contributed by atoms with Gasteiger partial charge in [0.2, 0.25) is 5.91 Å². The summed E-state index contributed by atoms with van der Waals surface area (Å²) >= 11 is 0. The van der Waals surface area contributed by atoms with Gasteiger partial charge in [-0.25, -0.2) is 0 Å². The lowest BCUT2D eigenvalue weighted by Crippen LogP contribution is -2.51. The lowest BCUT2D eigenvalue weighted by atomic mass is 9.84. The number of nitrogens with one attached hydrogen (secondary N) is 1. The maximum atomic E-state index is 12.2. The van der Waals surface area contributed by atoms with Gasteiger partial charge in [0.1, 0.15) is 0 Å². The van der Waals surface area contributed by atoms with Gasteiger partial charge in [-0.05, 0) is 24.8 Å². The molecule has 1 fully saturated rings. The molecule has 0 aromatic heterocycles. The second-order valence-electron chi connectivity index (χ2n) is 5.64. The van der Waals surface area contributed by atoms with Gasteiger partial charge >= 0.3 is 5.97 Å². The molecule has 0 heterocycles. The first-order valence-corrected chi connectivity index (χ1v) is 7.40. The second-order valence-corrected chi connectivity index (χ2v) is 5.64. The molecule has 0 saturated heterocycles. The maximum Gasteiger partial charge on any atom is 0.308 e. The van der Waals surface area contributed by atoms with Crippen LogP contribution in [0.1, 0.15) is 31.2 Å². The van der Waals surface area contributed by atoms with Gasteiger partial charge in [0.15, 0.2) is 0 Å². The largest absolute Gasteiger partial charge is 0.481 e. The average Bonchev–Trinajstić information content (AvgIpc) is 2.48. The third-order valence-electron chi connectivity index (χ3n) is 4.05. The molecule has 1 amide bonds. The Balaban J connectivity index is 1.91. The minimum atomic E-state index is -0.836. The van der Waals surface area contributed by atoms with Gasteiger partial charge in [-0.1, -0.05) is 43.2 Å². The number of hydrogen-bond donors (Lipinski definition) is 3. The zero-order valence-electron chi connectivity index (χ0n) is 12.0. The highest BCUT2D eigenvalue weighted by Crippen LogP contribution is 2.24. The molecular formula is C16H22N2O3. The average molecular weight is 290 g/mol. The molecule has 21 heavy (non-hydrogen) atoms. The molecule has 3 atom stereocenters. The van der Waals surface area contributed by atoms with Gasteiger partial charge in [0.25, 0.3) is 0 Å². The van der Waals surface area contributed by atoms with E-state index in [1.54, 1.807) is 0 Å². The highest BCUT2D eigenvalue weighted by atomic mass is 16.4. The van der Waals surface area contributed by atoms with Gasteiger partial charge in [0, 0.05) is 6.04 Å². The van der Waals surface area contributed by atoms with Crippen LogP contribution in [0.2, 0.25) is 0 Å². The lowest BCUT2D eigenvalue weighted by Gasteiger charge is -2.30. The molecule has 1 aliphatic carbocycles. The second kappa shape index (κ2) is 7.22. The van der Waals surface area contributed by atoms with Gasteiger partial charge in [-0.2, -0.15) is 0 Å². The summed E-state index contributed by atoms with van der Waals surface area (Å²) < 4.78 is 0. The van der Waals surface area contributed by atoms with E-state index in [4.69, 9.17) is 5.73 Å². The predicted molar refractivity (Wildman–Crippen MR) is 79.6 cm³/mol. The molecule has 0 spiro atoms. The van der Waals surface area contributed by atoms with Gasteiger partial charge in [-0.15, -0.1) is 0 Å². The van der Waals surface area contributed by atoms with E-state index in [9.17, 15) is 14.7 Å². The SMILES string of the molecule is NC(Cc1ccccc1)C(=O)N[C@H]1CCCC[C@@H]1C(=O)O. The van der Waals surface area contributed by atoms with Crippen molar-refractivity contribution in [1.82, 2.24) is 5.32 Å². The zero-order chi connectivity index (χ0) is 15.2. The number of benzene rings is 1. The zero-order valence-corrected chi connectivity index (χ0v) is 12.0. The van der Waals surface area contributed by atoms with Crippen molar-refractivity contribution in [2.45, 2.75) is 44.2 Å². The van der Waals surface area contributed by atoms with Crippen molar-refractivity contribution in [2.75, 3.05) is 0 Å². The Morgan fingerprint density at radius 2 is 1.90 bits per heavy atom. The molecule has 0 aliphatic heterocycles. The van der Waals surface area contributed by atoms with Crippen LogP contribution in [0.5, 0.6) is 0 Å². The van der Waals surface area contributed by atoms with Crippen LogP contribution in [-0.2, 0) is 16.0 Å². The molecule has 1 aliphatic rings. The monoisotopic (exact) mass is 290 g/mol. The fraction of sp³-hybridized carbons (Fsp3) is 0.500. The van der Waals surface area contributed by atoms with Crippen molar-refractivity contribution in [2.24, 2.45) is 11.7 Å². The molecular weight excluding hydrogens is 268 g/mol. The smallest absolute Gasteiger partial charge is 0.308 e. The summed E-state index contributed by atoms with van der Waals surface area (Å²) in [7, 11) is 0. The van der Waals surface area contributed by atoms with Crippen LogP contribution in [0.25, 0.3) is 0 Å². The van der Waals surface area contributed by atoms with E-state index in [1.165, 1.54) is 0 Å². The molecule has 1 unspecified atom stereocenters.